The van der Waals surface area contributed by atoms with Gasteiger partial charge in [-0.25, -0.2) is 4.79 Å². The van der Waals surface area contributed by atoms with Gasteiger partial charge in [0.1, 0.15) is 36.3 Å². The lowest BCUT2D eigenvalue weighted by Crippen LogP contribution is -2.61. The van der Waals surface area contributed by atoms with Crippen molar-refractivity contribution >= 4 is 47.3 Å². The van der Waals surface area contributed by atoms with Crippen LogP contribution < -0.4 is 43.0 Å². The summed E-state index contributed by atoms with van der Waals surface area (Å²) in [6.07, 6.45) is -5.78. The van der Waals surface area contributed by atoms with Gasteiger partial charge in [0, 0.05) is 0 Å². The maximum Gasteiger partial charge on any atom is 0.328 e. The summed E-state index contributed by atoms with van der Waals surface area (Å²) < 4.78 is 0. The molecule has 0 aliphatic heterocycles. The Balaban J connectivity index is 5.29. The number of aliphatic carboxylic acids is 1. The molecule has 0 aromatic heterocycles. The number of aliphatic hydroxyl groups is 5. The molecule has 0 aromatic rings. The Morgan fingerprint density at radius 1 is 0.531 bits per heavy atom. The normalized spacial score (nSPS) is 17.8. The fourth-order valence-corrected chi connectivity index (χ4v) is 3.69. The number of carbonyl (C=O) groups excluding carboxylic acids is 7. The van der Waals surface area contributed by atoms with Crippen LogP contribution in [0.15, 0.2) is 0 Å². The van der Waals surface area contributed by atoms with Gasteiger partial charge < -0.3 is 73.6 Å². The number of nitrogens with two attached hydrogens (primary N) is 1. The van der Waals surface area contributed by atoms with Gasteiger partial charge in [0.05, 0.1) is 37.6 Å². The van der Waals surface area contributed by atoms with Crippen LogP contribution in [-0.2, 0) is 38.4 Å². The number of aliphatic hydroxyl groups excluding tert-OH is 5. The van der Waals surface area contributed by atoms with E-state index in [9.17, 15) is 63.9 Å². The second kappa shape index (κ2) is 20.8. The van der Waals surface area contributed by atoms with Crippen LogP contribution in [-0.4, -0.2) is 158 Å². The molecule has 0 spiro atoms. The van der Waals surface area contributed by atoms with Crippen molar-refractivity contribution in [2.45, 2.75) is 108 Å². The molecule has 0 radical (unpaired) electrons. The third kappa shape index (κ3) is 15.1. The minimum atomic E-state index is -1.76. The smallest absolute Gasteiger partial charge is 0.328 e. The zero-order valence-corrected chi connectivity index (χ0v) is 27.8. The van der Waals surface area contributed by atoms with E-state index in [0.717, 1.165) is 27.7 Å². The Kier molecular flexibility index (Phi) is 18.9. The molecular formula is C27H48N8O14. The summed E-state index contributed by atoms with van der Waals surface area (Å²) in [6.45, 7) is 5.27. The number of amides is 7. The number of rotatable bonds is 20. The van der Waals surface area contributed by atoms with Gasteiger partial charge in [0.15, 0.2) is 6.04 Å². The van der Waals surface area contributed by atoms with Crippen LogP contribution in [0.4, 0.5) is 0 Å². The highest BCUT2D eigenvalue weighted by Gasteiger charge is 2.34. The predicted molar refractivity (Wildman–Crippen MR) is 165 cm³/mol. The van der Waals surface area contributed by atoms with E-state index in [1.165, 1.54) is 13.8 Å². The molecule has 0 bridgehead atoms. The lowest BCUT2D eigenvalue weighted by atomic mass is 10.1. The maximum atomic E-state index is 12.7. The summed E-state index contributed by atoms with van der Waals surface area (Å²) >= 11 is 0. The van der Waals surface area contributed by atoms with Crippen molar-refractivity contribution in [2.24, 2.45) is 5.73 Å². The van der Waals surface area contributed by atoms with Gasteiger partial charge in [-0.2, -0.15) is 0 Å². The molecule has 0 aliphatic rings. The van der Waals surface area contributed by atoms with E-state index in [4.69, 9.17) is 10.8 Å². The highest BCUT2D eigenvalue weighted by molar-refractivity contribution is 5.97. The minimum Gasteiger partial charge on any atom is -0.480 e. The van der Waals surface area contributed by atoms with Gasteiger partial charge >= 0.3 is 5.97 Å². The van der Waals surface area contributed by atoms with E-state index in [0.29, 0.717) is 0 Å². The molecule has 0 saturated carbocycles. The number of carboxylic acids is 1. The van der Waals surface area contributed by atoms with E-state index in [1.807, 2.05) is 5.32 Å². The average Bonchev–Trinajstić information content (AvgIpc) is 3.00. The molecule has 0 unspecified atom stereocenters. The van der Waals surface area contributed by atoms with Crippen LogP contribution in [0.25, 0.3) is 0 Å². The van der Waals surface area contributed by atoms with Crippen molar-refractivity contribution in [3.05, 3.63) is 0 Å². The van der Waals surface area contributed by atoms with E-state index in [1.54, 1.807) is 0 Å². The van der Waals surface area contributed by atoms with Crippen LogP contribution in [0.2, 0.25) is 0 Å². The summed E-state index contributed by atoms with van der Waals surface area (Å²) in [5.74, 6) is -8.74. The Morgan fingerprint density at radius 3 is 1.37 bits per heavy atom. The first-order valence-corrected chi connectivity index (χ1v) is 15.0. The van der Waals surface area contributed by atoms with Crippen LogP contribution in [0, 0.1) is 0 Å². The van der Waals surface area contributed by atoms with Gasteiger partial charge in [0.25, 0.3) is 0 Å². The standard InChI is InChI=1S/C27H48N8O14/c1-9(31-25(46)18(12(4)38)33-16(41)7-29-24(45)17(28)11(3)37)21(42)32-15(8-36)23(44)30-10(2)22(43)34-19(13(5)39)26(47)35-20(14(6)40)27(48)49/h9-15,17-20,36-40H,7-8,28H2,1-6H3,(H,29,45)(H,30,44)(H,31,46)(H,32,42)(H,33,41)(H,34,43)(H,35,47)(H,48,49)/t9-,10-,11+,12+,13+,14+,15-,17-,18-,19-,20-/m0/s1. The van der Waals surface area contributed by atoms with Gasteiger partial charge in [-0.1, -0.05) is 0 Å². The van der Waals surface area contributed by atoms with E-state index in [2.05, 4.69) is 31.9 Å². The molecule has 0 aliphatic carbocycles. The fourth-order valence-electron chi connectivity index (χ4n) is 3.69. The first-order valence-electron chi connectivity index (χ1n) is 15.0. The second-order valence-corrected chi connectivity index (χ2v) is 11.3. The van der Waals surface area contributed by atoms with Crippen LogP contribution >= 0.6 is 0 Å². The van der Waals surface area contributed by atoms with Gasteiger partial charge in [-0.15, -0.1) is 0 Å². The molecule has 15 N–H and O–H groups in total. The lowest BCUT2D eigenvalue weighted by molar-refractivity contribution is -0.146. The number of nitrogens with one attached hydrogen (secondary N) is 7. The molecule has 0 saturated heterocycles. The third-order valence-corrected chi connectivity index (χ3v) is 6.76. The monoisotopic (exact) mass is 708 g/mol. The topological polar surface area (TPSA) is 368 Å². The van der Waals surface area contributed by atoms with Crippen LogP contribution in [0.1, 0.15) is 41.5 Å². The quantitative estimate of drug-likeness (QED) is 0.0558. The first kappa shape index (κ1) is 44.5. The van der Waals surface area contributed by atoms with Crippen molar-refractivity contribution in [2.75, 3.05) is 13.2 Å². The fraction of sp³-hybridized carbons (Fsp3) is 0.704. The zero-order valence-electron chi connectivity index (χ0n) is 27.8. The first-order chi connectivity index (χ1) is 22.5. The highest BCUT2D eigenvalue weighted by Crippen LogP contribution is 2.01. The minimum absolute atomic E-state index is 0.670. The summed E-state index contributed by atoms with van der Waals surface area (Å²) in [4.78, 5) is 98.6. The molecule has 22 heteroatoms. The summed E-state index contributed by atoms with van der Waals surface area (Å²) in [5.41, 5.74) is 5.45. The van der Waals surface area contributed by atoms with E-state index < -0.39 is 127 Å². The third-order valence-electron chi connectivity index (χ3n) is 6.76. The van der Waals surface area contributed by atoms with Gasteiger partial charge in [-0.3, -0.25) is 33.6 Å². The Labute approximate surface area is 280 Å². The Bertz CT molecular complexity index is 1200. The molecule has 0 fully saturated rings. The molecule has 11 atom stereocenters. The molecule has 280 valence electrons. The maximum absolute atomic E-state index is 12.7. The number of hydrogen-bond donors (Lipinski definition) is 14. The molecule has 7 amide bonds. The lowest BCUT2D eigenvalue weighted by Gasteiger charge is -2.26. The van der Waals surface area contributed by atoms with Crippen LogP contribution in [0.3, 0.4) is 0 Å². The molecule has 49 heavy (non-hydrogen) atoms. The largest absolute Gasteiger partial charge is 0.480 e. The summed E-state index contributed by atoms with van der Waals surface area (Å²) in [5, 5.41) is 72.6. The summed E-state index contributed by atoms with van der Waals surface area (Å²) in [6, 6.07) is -11.0. The zero-order chi connectivity index (χ0) is 38.3. The number of carboxylic acid groups (broad SMARTS) is 1. The Hall–Kier alpha value is -4.48. The number of hydrogen-bond acceptors (Lipinski definition) is 14. The molecule has 0 rings (SSSR count). The van der Waals surface area contributed by atoms with Crippen molar-refractivity contribution in [3.63, 3.8) is 0 Å². The predicted octanol–water partition coefficient (Wildman–Crippen LogP) is -8.02. The average molecular weight is 709 g/mol. The Morgan fingerprint density at radius 2 is 0.939 bits per heavy atom. The molecular weight excluding hydrogens is 660 g/mol. The second-order valence-electron chi connectivity index (χ2n) is 11.3. The van der Waals surface area contributed by atoms with Crippen molar-refractivity contribution < 1.29 is 69.0 Å². The van der Waals surface area contributed by atoms with Gasteiger partial charge in [0.2, 0.25) is 41.4 Å². The molecule has 22 nitrogen and oxygen atoms in total. The van der Waals surface area contributed by atoms with E-state index >= 15 is 0 Å². The molecule has 0 aromatic carbocycles. The van der Waals surface area contributed by atoms with Crippen molar-refractivity contribution in [1.82, 2.24) is 37.2 Å². The van der Waals surface area contributed by atoms with Crippen molar-refractivity contribution in [3.8, 4) is 0 Å². The van der Waals surface area contributed by atoms with Crippen molar-refractivity contribution in [1.29, 1.82) is 0 Å². The number of carbonyl (C=O) groups is 8. The SMILES string of the molecule is C[C@H](NC(=O)[C@H](CO)NC(=O)[C@H](C)NC(=O)[C@@H](NC(=O)CNC(=O)[C@@H](N)[C@@H](C)O)[C@@H](C)O)C(=O)N[C@H](C(=O)N[C@H](C(=O)O)[C@@H](C)O)[C@@H](C)O. The van der Waals surface area contributed by atoms with Crippen LogP contribution in [0.5, 0.6) is 0 Å². The summed E-state index contributed by atoms with van der Waals surface area (Å²) in [7, 11) is 0. The van der Waals surface area contributed by atoms with E-state index in [-0.39, 0.29) is 0 Å². The van der Waals surface area contributed by atoms with Gasteiger partial charge in [-0.05, 0) is 41.5 Å². The highest BCUT2D eigenvalue weighted by atomic mass is 16.4. The molecule has 0 heterocycles.